The van der Waals surface area contributed by atoms with E-state index in [-0.39, 0.29) is 23.7 Å². The summed E-state index contributed by atoms with van der Waals surface area (Å²) in [5.41, 5.74) is 0.815. The van der Waals surface area contributed by atoms with E-state index in [9.17, 15) is 22.0 Å². The molecule has 0 saturated carbocycles. The number of aromatic nitrogens is 3. The van der Waals surface area contributed by atoms with E-state index in [1.54, 1.807) is 30.0 Å². The Labute approximate surface area is 171 Å². The van der Waals surface area contributed by atoms with Crippen molar-refractivity contribution in [2.45, 2.75) is 23.9 Å². The average molecular weight is 438 g/mol. The molecule has 0 aliphatic carbocycles. The Balaban J connectivity index is 1.68. The summed E-state index contributed by atoms with van der Waals surface area (Å²) < 4.78 is 61.8. The predicted octanol–water partition coefficient (Wildman–Crippen LogP) is 1.76. The van der Waals surface area contributed by atoms with Gasteiger partial charge in [0.2, 0.25) is 10.0 Å². The summed E-state index contributed by atoms with van der Waals surface area (Å²) in [7, 11) is -2.49. The summed E-state index contributed by atoms with van der Waals surface area (Å²) in [4.78, 5) is 17.1. The van der Waals surface area contributed by atoms with E-state index in [2.05, 4.69) is 4.98 Å². The minimum absolute atomic E-state index is 0.0290. The maximum atomic E-state index is 13.5. The summed E-state index contributed by atoms with van der Waals surface area (Å²) in [5.74, 6) is -2.34. The van der Waals surface area contributed by atoms with Crippen molar-refractivity contribution in [3.8, 4) is 0 Å². The maximum Gasteiger partial charge on any atom is 0.330 e. The number of fused-ring (bicyclic) bond motifs is 1. The number of hydrogen-bond donors (Lipinski definition) is 0. The van der Waals surface area contributed by atoms with E-state index in [0.717, 1.165) is 12.1 Å². The molecule has 8 nitrogen and oxygen atoms in total. The van der Waals surface area contributed by atoms with Crippen molar-refractivity contribution in [2.75, 3.05) is 26.8 Å². The van der Waals surface area contributed by atoms with Crippen LogP contribution in [0.15, 0.2) is 46.2 Å². The van der Waals surface area contributed by atoms with Crippen LogP contribution in [0, 0.1) is 11.6 Å². The Morgan fingerprint density at radius 3 is 2.77 bits per heavy atom. The molecule has 0 N–H and O–H groups in total. The zero-order chi connectivity index (χ0) is 21.5. The topological polar surface area (TPSA) is 86.4 Å². The monoisotopic (exact) mass is 438 g/mol. The normalized spacial score (nSPS) is 17.8. The van der Waals surface area contributed by atoms with Crippen LogP contribution in [0.25, 0.3) is 11.2 Å². The average Bonchev–Trinajstić information content (AvgIpc) is 3.31. The van der Waals surface area contributed by atoms with E-state index >= 15 is 0 Å². The van der Waals surface area contributed by atoms with E-state index in [0.29, 0.717) is 36.8 Å². The highest BCUT2D eigenvalue weighted by Gasteiger charge is 2.35. The van der Waals surface area contributed by atoms with Crippen LogP contribution >= 0.6 is 0 Å². The Bertz CT molecular complexity index is 1260. The number of ether oxygens (including phenoxy) is 1. The summed E-state index contributed by atoms with van der Waals surface area (Å²) in [6.45, 7) is 0.862. The minimum atomic E-state index is -4.03. The van der Waals surface area contributed by atoms with Crippen LogP contribution < -0.4 is 5.69 Å². The van der Waals surface area contributed by atoms with Gasteiger partial charge in [0, 0.05) is 26.4 Å². The molecule has 0 spiro atoms. The standard InChI is InChI=1S/C19H20F2N4O4S/c1-29-10-9-24-17-3-2-7-22-18(17)25(19(24)26)13-6-8-23(12-13)30(27,28)14-4-5-15(20)16(21)11-14/h2-5,7,11,13H,6,8-10,12H2,1H3/t13-/m1/s1. The van der Waals surface area contributed by atoms with Gasteiger partial charge in [0.1, 0.15) is 0 Å². The molecule has 0 unspecified atom stereocenters. The van der Waals surface area contributed by atoms with Gasteiger partial charge in [-0.15, -0.1) is 0 Å². The molecular weight excluding hydrogens is 418 g/mol. The van der Waals surface area contributed by atoms with Crippen LogP contribution in [0.1, 0.15) is 12.5 Å². The third-order valence-electron chi connectivity index (χ3n) is 5.26. The summed E-state index contributed by atoms with van der Waals surface area (Å²) in [6.07, 6.45) is 1.96. The van der Waals surface area contributed by atoms with Crippen LogP contribution in [0.4, 0.5) is 8.78 Å². The number of pyridine rings is 1. The van der Waals surface area contributed by atoms with Crippen molar-refractivity contribution < 1.29 is 21.9 Å². The number of sulfonamides is 1. The lowest BCUT2D eigenvalue weighted by atomic mass is 10.2. The van der Waals surface area contributed by atoms with E-state index < -0.39 is 27.7 Å². The van der Waals surface area contributed by atoms with Crippen molar-refractivity contribution >= 4 is 21.2 Å². The van der Waals surface area contributed by atoms with Gasteiger partial charge in [0.25, 0.3) is 0 Å². The molecule has 160 valence electrons. The van der Waals surface area contributed by atoms with Crippen LogP contribution in [0.5, 0.6) is 0 Å². The van der Waals surface area contributed by atoms with Gasteiger partial charge in [0.15, 0.2) is 17.3 Å². The fourth-order valence-corrected chi connectivity index (χ4v) is 5.27. The molecule has 3 heterocycles. The Kier molecular flexibility index (Phi) is 5.43. The molecule has 0 radical (unpaired) electrons. The third-order valence-corrected chi connectivity index (χ3v) is 7.12. The molecular formula is C19H20F2N4O4S. The number of imidazole rings is 1. The Morgan fingerprint density at radius 1 is 1.23 bits per heavy atom. The number of hydrogen-bond acceptors (Lipinski definition) is 5. The predicted molar refractivity (Wildman–Crippen MR) is 105 cm³/mol. The van der Waals surface area contributed by atoms with Crippen molar-refractivity contribution in [1.29, 1.82) is 0 Å². The fourth-order valence-electron chi connectivity index (χ4n) is 3.76. The van der Waals surface area contributed by atoms with Crippen molar-refractivity contribution in [3.05, 3.63) is 58.6 Å². The van der Waals surface area contributed by atoms with Gasteiger partial charge in [-0.1, -0.05) is 0 Å². The highest BCUT2D eigenvalue weighted by Crippen LogP contribution is 2.29. The van der Waals surface area contributed by atoms with Gasteiger partial charge in [-0.05, 0) is 36.8 Å². The van der Waals surface area contributed by atoms with Crippen molar-refractivity contribution in [2.24, 2.45) is 0 Å². The Hall–Kier alpha value is -2.63. The molecule has 1 fully saturated rings. The summed E-state index contributed by atoms with van der Waals surface area (Å²) >= 11 is 0. The smallest absolute Gasteiger partial charge is 0.330 e. The van der Waals surface area contributed by atoms with Crippen LogP contribution in [0.2, 0.25) is 0 Å². The largest absolute Gasteiger partial charge is 0.383 e. The highest BCUT2D eigenvalue weighted by molar-refractivity contribution is 7.89. The first-order valence-electron chi connectivity index (χ1n) is 9.34. The van der Waals surface area contributed by atoms with Crippen molar-refractivity contribution in [3.63, 3.8) is 0 Å². The summed E-state index contributed by atoms with van der Waals surface area (Å²) in [6, 6.07) is 5.56. The molecule has 1 atom stereocenters. The van der Waals surface area contributed by atoms with Crippen molar-refractivity contribution in [1.82, 2.24) is 18.4 Å². The molecule has 0 bridgehead atoms. The second-order valence-corrected chi connectivity index (χ2v) is 8.96. The van der Waals surface area contributed by atoms with Gasteiger partial charge in [0.05, 0.1) is 29.6 Å². The van der Waals surface area contributed by atoms with Crippen LogP contribution in [-0.4, -0.2) is 53.6 Å². The summed E-state index contributed by atoms with van der Waals surface area (Å²) in [5, 5.41) is 0. The second kappa shape index (κ2) is 7.89. The number of nitrogens with zero attached hydrogens (tertiary/aromatic N) is 4. The molecule has 1 aliphatic rings. The zero-order valence-electron chi connectivity index (χ0n) is 16.2. The SMILES string of the molecule is COCCn1c(=O)n([C@@H]2CCN(S(=O)(=O)c3ccc(F)c(F)c3)C2)c2ncccc21. The molecule has 2 aromatic heterocycles. The molecule has 30 heavy (non-hydrogen) atoms. The first-order chi connectivity index (χ1) is 14.3. The van der Waals surface area contributed by atoms with Gasteiger partial charge >= 0.3 is 5.69 Å². The second-order valence-electron chi connectivity index (χ2n) is 7.02. The van der Waals surface area contributed by atoms with E-state index in [4.69, 9.17) is 4.74 Å². The molecule has 11 heteroatoms. The van der Waals surface area contributed by atoms with E-state index in [1.807, 2.05) is 0 Å². The first kappa shape index (κ1) is 20.6. The first-order valence-corrected chi connectivity index (χ1v) is 10.8. The van der Waals surface area contributed by atoms with E-state index in [1.165, 1.54) is 8.87 Å². The number of rotatable bonds is 6. The van der Waals surface area contributed by atoms with Gasteiger partial charge in [-0.25, -0.2) is 27.0 Å². The molecule has 3 aromatic rings. The highest BCUT2D eigenvalue weighted by atomic mass is 32.2. The molecule has 0 amide bonds. The molecule has 1 aliphatic heterocycles. The number of benzene rings is 1. The van der Waals surface area contributed by atoms with Crippen LogP contribution in [0.3, 0.4) is 0 Å². The maximum absolute atomic E-state index is 13.5. The third kappa shape index (κ3) is 3.42. The number of halogens is 2. The van der Waals surface area contributed by atoms with Gasteiger partial charge in [-0.3, -0.25) is 9.13 Å². The molecule has 1 aromatic carbocycles. The minimum Gasteiger partial charge on any atom is -0.383 e. The lowest BCUT2D eigenvalue weighted by Gasteiger charge is -2.17. The molecule has 1 saturated heterocycles. The Morgan fingerprint density at radius 2 is 2.03 bits per heavy atom. The number of methoxy groups -OCH3 is 1. The zero-order valence-corrected chi connectivity index (χ0v) is 17.0. The van der Waals surface area contributed by atoms with Gasteiger partial charge < -0.3 is 4.74 Å². The van der Waals surface area contributed by atoms with Gasteiger partial charge in [-0.2, -0.15) is 4.31 Å². The molecule has 4 rings (SSSR count). The van der Waals surface area contributed by atoms with Crippen LogP contribution in [-0.2, 0) is 21.3 Å². The lowest BCUT2D eigenvalue weighted by molar-refractivity contribution is 0.187. The quantitative estimate of drug-likeness (QED) is 0.585. The lowest BCUT2D eigenvalue weighted by Crippen LogP contribution is -2.32. The fraction of sp³-hybridized carbons (Fsp3) is 0.368.